The zero-order valence-electron chi connectivity index (χ0n) is 14.9. The van der Waals surface area contributed by atoms with E-state index < -0.39 is 6.10 Å². The molecule has 0 saturated carbocycles. The monoisotopic (exact) mass is 341 g/mol. The van der Waals surface area contributed by atoms with E-state index in [9.17, 15) is 4.79 Å². The number of aryl methyl sites for hydroxylation is 1. The number of fused-ring (bicyclic) bond motifs is 1. The highest BCUT2D eigenvalue weighted by Gasteiger charge is 2.28. The molecule has 0 spiro atoms. The standard InChI is InChI=1S/C19H23N3O3/c1-19(2,3)13-7-8-15-16(10-13)25-17(12-24-15)18(23)21-20-11-14-6-5-9-22(14)4/h5-11,17H,12H2,1-4H3,(H,21,23)/t17-/m1/s1. The number of hydrogen-bond acceptors (Lipinski definition) is 4. The van der Waals surface area contributed by atoms with E-state index in [0.717, 1.165) is 11.3 Å². The van der Waals surface area contributed by atoms with Crippen molar-refractivity contribution in [3.05, 3.63) is 47.8 Å². The minimum absolute atomic E-state index is 0.00699. The van der Waals surface area contributed by atoms with Gasteiger partial charge in [-0.25, -0.2) is 5.43 Å². The Kier molecular flexibility index (Phi) is 4.53. The summed E-state index contributed by atoms with van der Waals surface area (Å²) in [5.74, 6) is 0.909. The Morgan fingerprint density at radius 1 is 1.32 bits per heavy atom. The van der Waals surface area contributed by atoms with E-state index in [1.54, 1.807) is 6.21 Å². The average molecular weight is 341 g/mol. The summed E-state index contributed by atoms with van der Waals surface area (Å²) in [4.78, 5) is 12.3. The molecule has 2 aromatic rings. The molecule has 6 heteroatoms. The lowest BCUT2D eigenvalue weighted by atomic mass is 9.87. The number of hydrogen-bond donors (Lipinski definition) is 1. The van der Waals surface area contributed by atoms with Gasteiger partial charge < -0.3 is 14.0 Å². The van der Waals surface area contributed by atoms with Crippen LogP contribution in [0.2, 0.25) is 0 Å². The largest absolute Gasteiger partial charge is 0.485 e. The number of rotatable bonds is 3. The first-order valence-electron chi connectivity index (χ1n) is 8.23. The Labute approximate surface area is 147 Å². The van der Waals surface area contributed by atoms with Gasteiger partial charge in [0.05, 0.1) is 11.9 Å². The van der Waals surface area contributed by atoms with Gasteiger partial charge >= 0.3 is 0 Å². The van der Waals surface area contributed by atoms with Gasteiger partial charge in [-0.15, -0.1) is 0 Å². The molecule has 2 heterocycles. The van der Waals surface area contributed by atoms with Gasteiger partial charge in [-0.2, -0.15) is 5.10 Å². The van der Waals surface area contributed by atoms with Crippen LogP contribution in [0.4, 0.5) is 0 Å². The molecule has 0 radical (unpaired) electrons. The van der Waals surface area contributed by atoms with Gasteiger partial charge in [-0.1, -0.05) is 26.8 Å². The van der Waals surface area contributed by atoms with Crippen molar-refractivity contribution in [2.45, 2.75) is 32.3 Å². The van der Waals surface area contributed by atoms with Crippen LogP contribution in [0.25, 0.3) is 0 Å². The highest BCUT2D eigenvalue weighted by Crippen LogP contribution is 2.36. The van der Waals surface area contributed by atoms with Crippen molar-refractivity contribution in [3.63, 3.8) is 0 Å². The van der Waals surface area contributed by atoms with Gasteiger partial charge in [0, 0.05) is 13.2 Å². The van der Waals surface area contributed by atoms with Gasteiger partial charge in [0.25, 0.3) is 5.91 Å². The highest BCUT2D eigenvalue weighted by atomic mass is 16.6. The molecule has 1 aromatic carbocycles. The number of ether oxygens (including phenoxy) is 2. The first kappa shape index (κ1) is 17.1. The second-order valence-electron chi connectivity index (χ2n) is 7.11. The topological polar surface area (TPSA) is 64.9 Å². The molecule has 1 aromatic heterocycles. The van der Waals surface area contributed by atoms with Crippen LogP contribution in [0, 0.1) is 0 Å². The number of nitrogens with one attached hydrogen (secondary N) is 1. The van der Waals surface area contributed by atoms with Crippen LogP contribution < -0.4 is 14.9 Å². The van der Waals surface area contributed by atoms with Crippen molar-refractivity contribution in [3.8, 4) is 11.5 Å². The summed E-state index contributed by atoms with van der Waals surface area (Å²) in [6.07, 6.45) is 2.77. The summed E-state index contributed by atoms with van der Waals surface area (Å²) in [5, 5.41) is 3.98. The zero-order chi connectivity index (χ0) is 18.0. The first-order valence-corrected chi connectivity index (χ1v) is 8.23. The maximum absolute atomic E-state index is 12.3. The number of benzene rings is 1. The molecule has 6 nitrogen and oxygen atoms in total. The Morgan fingerprint density at radius 2 is 2.12 bits per heavy atom. The van der Waals surface area contributed by atoms with Gasteiger partial charge in [0.2, 0.25) is 6.10 Å². The molecule has 3 rings (SSSR count). The third kappa shape index (κ3) is 3.84. The lowest BCUT2D eigenvalue weighted by molar-refractivity contribution is -0.130. The predicted molar refractivity (Wildman–Crippen MR) is 96.2 cm³/mol. The number of aromatic nitrogens is 1. The lowest BCUT2D eigenvalue weighted by Crippen LogP contribution is -2.42. The van der Waals surface area contributed by atoms with Crippen molar-refractivity contribution >= 4 is 12.1 Å². The summed E-state index contributed by atoms with van der Waals surface area (Å²) < 4.78 is 13.4. The molecule has 0 fully saturated rings. The van der Waals surface area contributed by atoms with Crippen LogP contribution in [0.5, 0.6) is 11.5 Å². The van der Waals surface area contributed by atoms with Crippen molar-refractivity contribution in [1.82, 2.24) is 9.99 Å². The Hall–Kier alpha value is -2.76. The van der Waals surface area contributed by atoms with E-state index in [-0.39, 0.29) is 17.9 Å². The van der Waals surface area contributed by atoms with Crippen LogP contribution in [0.1, 0.15) is 32.0 Å². The van der Waals surface area contributed by atoms with Crippen LogP contribution >= 0.6 is 0 Å². The third-order valence-corrected chi connectivity index (χ3v) is 4.12. The number of nitrogens with zero attached hydrogens (tertiary/aromatic N) is 2. The minimum Gasteiger partial charge on any atom is -0.485 e. The quantitative estimate of drug-likeness (QED) is 0.689. The minimum atomic E-state index is -0.728. The van der Waals surface area contributed by atoms with Gasteiger partial charge in [0.1, 0.15) is 6.61 Å². The van der Waals surface area contributed by atoms with E-state index >= 15 is 0 Å². The second-order valence-corrected chi connectivity index (χ2v) is 7.11. The maximum atomic E-state index is 12.3. The molecule has 25 heavy (non-hydrogen) atoms. The van der Waals surface area contributed by atoms with Gasteiger partial charge in [0.15, 0.2) is 11.5 Å². The molecule has 1 aliphatic heterocycles. The summed E-state index contributed by atoms with van der Waals surface area (Å²) in [7, 11) is 1.91. The summed E-state index contributed by atoms with van der Waals surface area (Å²) in [6, 6.07) is 9.65. The number of hydrazone groups is 1. The molecule has 1 atom stereocenters. The highest BCUT2D eigenvalue weighted by molar-refractivity contribution is 5.84. The molecule has 0 bridgehead atoms. The van der Waals surface area contributed by atoms with E-state index in [1.165, 1.54) is 0 Å². The van der Waals surface area contributed by atoms with E-state index in [1.807, 2.05) is 48.1 Å². The third-order valence-electron chi connectivity index (χ3n) is 4.12. The fourth-order valence-electron chi connectivity index (χ4n) is 2.51. The first-order chi connectivity index (χ1) is 11.8. The predicted octanol–water partition coefficient (Wildman–Crippen LogP) is 2.61. The van der Waals surface area contributed by atoms with E-state index in [2.05, 4.69) is 31.3 Å². The second kappa shape index (κ2) is 6.63. The fraction of sp³-hybridized carbons (Fsp3) is 0.368. The maximum Gasteiger partial charge on any atom is 0.284 e. The molecule has 0 aliphatic carbocycles. The summed E-state index contributed by atoms with van der Waals surface area (Å²) >= 11 is 0. The van der Waals surface area contributed by atoms with Crippen LogP contribution in [0.3, 0.4) is 0 Å². The number of carbonyl (C=O) groups is 1. The molecule has 1 N–H and O–H groups in total. The van der Waals surface area contributed by atoms with E-state index in [4.69, 9.17) is 9.47 Å². The molecular weight excluding hydrogens is 318 g/mol. The molecular formula is C19H23N3O3. The molecule has 0 saturated heterocycles. The van der Waals surface area contributed by atoms with Crippen molar-refractivity contribution in [2.24, 2.45) is 12.1 Å². The Bertz CT molecular complexity index is 802. The van der Waals surface area contributed by atoms with Gasteiger partial charge in [-0.3, -0.25) is 4.79 Å². The average Bonchev–Trinajstić information content (AvgIpc) is 2.98. The van der Waals surface area contributed by atoms with Crippen LogP contribution in [0.15, 0.2) is 41.6 Å². The molecule has 1 aliphatic rings. The van der Waals surface area contributed by atoms with Crippen molar-refractivity contribution in [2.75, 3.05) is 6.61 Å². The SMILES string of the molecule is Cn1cccc1C=NNC(=O)[C@H]1COc2ccc(C(C)(C)C)cc2O1. The van der Waals surface area contributed by atoms with Crippen molar-refractivity contribution < 1.29 is 14.3 Å². The number of amides is 1. The smallest absolute Gasteiger partial charge is 0.284 e. The Morgan fingerprint density at radius 3 is 2.80 bits per heavy atom. The zero-order valence-corrected chi connectivity index (χ0v) is 14.9. The fourth-order valence-corrected chi connectivity index (χ4v) is 2.51. The normalized spacial score (nSPS) is 16.9. The van der Waals surface area contributed by atoms with Crippen LogP contribution in [-0.4, -0.2) is 29.4 Å². The lowest BCUT2D eigenvalue weighted by Gasteiger charge is -2.27. The molecule has 132 valence electrons. The summed E-state index contributed by atoms with van der Waals surface area (Å²) in [5.41, 5.74) is 4.51. The molecule has 0 unspecified atom stereocenters. The molecule has 1 amide bonds. The number of carbonyl (C=O) groups excluding carboxylic acids is 1. The van der Waals surface area contributed by atoms with E-state index in [0.29, 0.717) is 11.5 Å². The Balaban J connectivity index is 1.66. The van der Waals surface area contributed by atoms with Crippen LogP contribution in [-0.2, 0) is 17.3 Å². The van der Waals surface area contributed by atoms with Crippen molar-refractivity contribution in [1.29, 1.82) is 0 Å². The van der Waals surface area contributed by atoms with Gasteiger partial charge in [-0.05, 0) is 35.2 Å². The summed E-state index contributed by atoms with van der Waals surface area (Å²) in [6.45, 7) is 6.54.